The highest BCUT2D eigenvalue weighted by Crippen LogP contribution is 2.15. The van der Waals surface area contributed by atoms with Crippen molar-refractivity contribution in [2.75, 3.05) is 26.2 Å². The third-order valence-electron chi connectivity index (χ3n) is 3.87. The van der Waals surface area contributed by atoms with E-state index < -0.39 is 11.9 Å². The van der Waals surface area contributed by atoms with Gasteiger partial charge in [0.25, 0.3) is 5.91 Å². The fraction of sp³-hybridized carbons (Fsp3) is 0.278. The fourth-order valence-corrected chi connectivity index (χ4v) is 2.77. The van der Waals surface area contributed by atoms with Crippen molar-refractivity contribution in [2.24, 2.45) is 0 Å². The molecular formula is C18H19ClN2O6. The number of halogens is 1. The van der Waals surface area contributed by atoms with E-state index in [-0.39, 0.29) is 5.91 Å². The van der Waals surface area contributed by atoms with Crippen molar-refractivity contribution in [2.45, 2.75) is 6.54 Å². The molecule has 1 fully saturated rings. The minimum Gasteiger partial charge on any atom is -0.473 e. The average Bonchev–Trinajstić information content (AvgIpc) is 3.17. The molecule has 0 bridgehead atoms. The quantitative estimate of drug-likeness (QED) is 0.766. The molecule has 0 aliphatic carbocycles. The summed E-state index contributed by atoms with van der Waals surface area (Å²) in [7, 11) is 0. The number of carbonyl (C=O) groups excluding carboxylic acids is 1. The lowest BCUT2D eigenvalue weighted by Gasteiger charge is -2.34. The Morgan fingerprint density at radius 3 is 2.19 bits per heavy atom. The largest absolute Gasteiger partial charge is 0.473 e. The molecule has 8 nitrogen and oxygen atoms in total. The van der Waals surface area contributed by atoms with Gasteiger partial charge in [-0.1, -0.05) is 23.7 Å². The minimum absolute atomic E-state index is 0.0256. The number of carboxylic acids is 2. The van der Waals surface area contributed by atoms with Gasteiger partial charge in [0.15, 0.2) is 5.76 Å². The summed E-state index contributed by atoms with van der Waals surface area (Å²) >= 11 is 6.00. The Labute approximate surface area is 160 Å². The van der Waals surface area contributed by atoms with Gasteiger partial charge in [-0.05, 0) is 29.8 Å². The first-order valence-electron chi connectivity index (χ1n) is 8.12. The fourth-order valence-electron chi connectivity index (χ4n) is 2.56. The molecule has 0 saturated carbocycles. The van der Waals surface area contributed by atoms with E-state index in [9.17, 15) is 4.79 Å². The van der Waals surface area contributed by atoms with Crippen molar-refractivity contribution in [3.63, 3.8) is 0 Å². The van der Waals surface area contributed by atoms with E-state index in [1.54, 1.807) is 12.1 Å². The van der Waals surface area contributed by atoms with Crippen molar-refractivity contribution in [1.82, 2.24) is 9.80 Å². The number of aliphatic carboxylic acids is 2. The van der Waals surface area contributed by atoms with Crippen LogP contribution in [0.3, 0.4) is 0 Å². The molecule has 0 radical (unpaired) electrons. The average molecular weight is 395 g/mol. The lowest BCUT2D eigenvalue weighted by molar-refractivity contribution is -0.159. The molecule has 1 aromatic heterocycles. The number of piperazine rings is 1. The van der Waals surface area contributed by atoms with Gasteiger partial charge in [-0.3, -0.25) is 9.69 Å². The first-order chi connectivity index (χ1) is 12.9. The van der Waals surface area contributed by atoms with Gasteiger partial charge in [-0.15, -0.1) is 0 Å². The van der Waals surface area contributed by atoms with Crippen LogP contribution in [-0.4, -0.2) is 64.0 Å². The second-order valence-electron chi connectivity index (χ2n) is 5.79. The number of benzene rings is 1. The predicted octanol–water partition coefficient (Wildman–Crippen LogP) is 2.05. The zero-order valence-corrected chi connectivity index (χ0v) is 15.1. The molecule has 2 N–H and O–H groups in total. The third-order valence-corrected chi connectivity index (χ3v) is 4.10. The van der Waals surface area contributed by atoms with Crippen LogP contribution in [0.5, 0.6) is 0 Å². The molecule has 3 rings (SSSR count). The number of carboxylic acid groups (broad SMARTS) is 2. The predicted molar refractivity (Wildman–Crippen MR) is 96.6 cm³/mol. The van der Waals surface area contributed by atoms with Gasteiger partial charge in [0.05, 0.1) is 6.26 Å². The molecular weight excluding hydrogens is 376 g/mol. The first kappa shape index (κ1) is 20.5. The summed E-state index contributed by atoms with van der Waals surface area (Å²) in [6.45, 7) is 4.03. The Bertz CT molecular complexity index is 773. The minimum atomic E-state index is -1.82. The van der Waals surface area contributed by atoms with Crippen LogP contribution in [0.15, 0.2) is 47.1 Å². The van der Waals surface area contributed by atoms with Crippen LogP contribution in [0.1, 0.15) is 16.1 Å². The summed E-state index contributed by atoms with van der Waals surface area (Å²) in [4.78, 5) is 34.5. The number of carbonyl (C=O) groups is 3. The maximum atomic E-state index is 12.2. The lowest BCUT2D eigenvalue weighted by Crippen LogP contribution is -2.48. The van der Waals surface area contributed by atoms with Crippen LogP contribution in [0.2, 0.25) is 5.02 Å². The summed E-state index contributed by atoms with van der Waals surface area (Å²) in [5, 5.41) is 15.5. The maximum absolute atomic E-state index is 12.2. The molecule has 2 heterocycles. The van der Waals surface area contributed by atoms with Crippen molar-refractivity contribution in [1.29, 1.82) is 0 Å². The normalized spacial score (nSPS) is 14.2. The summed E-state index contributed by atoms with van der Waals surface area (Å²) < 4.78 is 5.16. The highest BCUT2D eigenvalue weighted by atomic mass is 35.5. The third kappa shape index (κ3) is 6.43. The van der Waals surface area contributed by atoms with E-state index in [1.165, 1.54) is 11.8 Å². The van der Waals surface area contributed by atoms with E-state index in [0.717, 1.165) is 37.7 Å². The van der Waals surface area contributed by atoms with Gasteiger partial charge in [0.1, 0.15) is 0 Å². The molecule has 2 aromatic rings. The van der Waals surface area contributed by atoms with Crippen LogP contribution in [0.4, 0.5) is 0 Å². The SMILES string of the molecule is O=C(O)C(=O)O.O=C(c1ccco1)N1CCN(Cc2cccc(Cl)c2)CC1. The van der Waals surface area contributed by atoms with Crippen molar-refractivity contribution in [3.05, 3.63) is 59.0 Å². The Balaban J connectivity index is 0.000000380. The summed E-state index contributed by atoms with van der Waals surface area (Å²) in [5.74, 6) is -3.26. The second kappa shape index (κ2) is 9.75. The molecule has 1 amide bonds. The van der Waals surface area contributed by atoms with E-state index in [0.29, 0.717) is 5.76 Å². The monoisotopic (exact) mass is 394 g/mol. The molecule has 0 spiro atoms. The van der Waals surface area contributed by atoms with E-state index in [2.05, 4.69) is 11.0 Å². The zero-order chi connectivity index (χ0) is 19.8. The van der Waals surface area contributed by atoms with Gasteiger partial charge >= 0.3 is 11.9 Å². The van der Waals surface area contributed by atoms with E-state index in [4.69, 9.17) is 35.8 Å². The number of furan rings is 1. The number of hydrogen-bond acceptors (Lipinski definition) is 5. The number of rotatable bonds is 3. The Kier molecular flexibility index (Phi) is 7.39. The molecule has 0 atom stereocenters. The Hall–Kier alpha value is -2.84. The summed E-state index contributed by atoms with van der Waals surface area (Å²) in [6, 6.07) is 11.4. The highest BCUT2D eigenvalue weighted by Gasteiger charge is 2.23. The van der Waals surface area contributed by atoms with Crippen LogP contribution in [0, 0.1) is 0 Å². The number of hydrogen-bond donors (Lipinski definition) is 2. The molecule has 144 valence electrons. The molecule has 1 aliphatic heterocycles. The molecule has 1 saturated heterocycles. The van der Waals surface area contributed by atoms with Crippen molar-refractivity contribution >= 4 is 29.4 Å². The first-order valence-corrected chi connectivity index (χ1v) is 8.50. The van der Waals surface area contributed by atoms with E-state index in [1.807, 2.05) is 23.1 Å². The van der Waals surface area contributed by atoms with Crippen molar-refractivity contribution in [3.8, 4) is 0 Å². The van der Waals surface area contributed by atoms with Gasteiger partial charge in [0, 0.05) is 37.7 Å². The number of amides is 1. The summed E-state index contributed by atoms with van der Waals surface area (Å²) in [5.41, 5.74) is 1.20. The molecule has 1 aromatic carbocycles. The number of nitrogens with zero attached hydrogens (tertiary/aromatic N) is 2. The van der Waals surface area contributed by atoms with Crippen LogP contribution in [-0.2, 0) is 16.1 Å². The molecule has 1 aliphatic rings. The van der Waals surface area contributed by atoms with Gasteiger partial charge in [-0.25, -0.2) is 9.59 Å². The Morgan fingerprint density at radius 2 is 1.67 bits per heavy atom. The molecule has 0 unspecified atom stereocenters. The second-order valence-corrected chi connectivity index (χ2v) is 6.22. The highest BCUT2D eigenvalue weighted by molar-refractivity contribution is 6.30. The molecule has 27 heavy (non-hydrogen) atoms. The van der Waals surface area contributed by atoms with Crippen LogP contribution >= 0.6 is 11.6 Å². The summed E-state index contributed by atoms with van der Waals surface area (Å²) in [6.07, 6.45) is 1.53. The van der Waals surface area contributed by atoms with Gasteiger partial charge in [-0.2, -0.15) is 0 Å². The molecule has 9 heteroatoms. The topological polar surface area (TPSA) is 111 Å². The van der Waals surface area contributed by atoms with Gasteiger partial charge in [0.2, 0.25) is 0 Å². The lowest BCUT2D eigenvalue weighted by atomic mass is 10.2. The van der Waals surface area contributed by atoms with Crippen LogP contribution < -0.4 is 0 Å². The van der Waals surface area contributed by atoms with Crippen molar-refractivity contribution < 1.29 is 29.0 Å². The van der Waals surface area contributed by atoms with Crippen LogP contribution in [0.25, 0.3) is 0 Å². The smallest absolute Gasteiger partial charge is 0.414 e. The maximum Gasteiger partial charge on any atom is 0.414 e. The standard InChI is InChI=1S/C16H17ClN2O2.C2H2O4/c17-14-4-1-3-13(11-14)12-18-6-8-19(9-7-18)16(20)15-5-2-10-21-15;3-1(4)2(5)6/h1-5,10-11H,6-9,12H2;(H,3,4)(H,5,6). The van der Waals surface area contributed by atoms with E-state index >= 15 is 0 Å². The Morgan fingerprint density at radius 1 is 1.00 bits per heavy atom. The zero-order valence-electron chi connectivity index (χ0n) is 14.4. The van der Waals surface area contributed by atoms with Gasteiger partial charge < -0.3 is 19.5 Å².